The normalized spacial score (nSPS) is 16.5. The summed E-state index contributed by atoms with van der Waals surface area (Å²) in [4.78, 5) is 25.9. The number of carboxylic acid groups (broad SMARTS) is 1. The van der Waals surface area contributed by atoms with Gasteiger partial charge < -0.3 is 24.8 Å². The highest BCUT2D eigenvalue weighted by atomic mass is 35.5. The number of hydrogen-bond donors (Lipinski definition) is 3. The highest BCUT2D eigenvalue weighted by Gasteiger charge is 2.38. The van der Waals surface area contributed by atoms with Crippen molar-refractivity contribution >= 4 is 47.3 Å². The van der Waals surface area contributed by atoms with E-state index in [0.29, 0.717) is 28.9 Å². The molecule has 2 aromatic carbocycles. The van der Waals surface area contributed by atoms with Crippen molar-refractivity contribution in [3.8, 4) is 11.5 Å². The van der Waals surface area contributed by atoms with Crippen LogP contribution in [-0.4, -0.2) is 63.6 Å². The monoisotopic (exact) mass is 629 g/mol. The second-order valence-electron chi connectivity index (χ2n) is 8.84. The van der Waals surface area contributed by atoms with E-state index in [4.69, 9.17) is 37.8 Å². The average Bonchev–Trinajstić information content (AvgIpc) is 3.39. The molecule has 5 rings (SSSR count). The third-order valence-corrected chi connectivity index (χ3v) is 7.04. The molecule has 0 bridgehead atoms. The Morgan fingerprint density at radius 2 is 1.73 bits per heavy atom. The van der Waals surface area contributed by atoms with E-state index in [2.05, 4.69) is 21.0 Å². The second kappa shape index (κ2) is 13.4. The third-order valence-electron chi connectivity index (χ3n) is 5.86. The number of carboxylic acids is 1. The zero-order chi connectivity index (χ0) is 29.6. The number of ether oxygens (including phenoxy) is 1. The molecule has 0 spiro atoms. The van der Waals surface area contributed by atoms with Gasteiger partial charge in [-0.1, -0.05) is 35.3 Å². The van der Waals surface area contributed by atoms with Gasteiger partial charge in [-0.2, -0.15) is 13.2 Å². The lowest BCUT2D eigenvalue weighted by atomic mass is 10.2. The van der Waals surface area contributed by atoms with Crippen molar-refractivity contribution in [2.75, 3.05) is 26.2 Å². The number of carbonyl (C=O) groups is 2. The van der Waals surface area contributed by atoms with Gasteiger partial charge in [0.2, 0.25) is 0 Å². The van der Waals surface area contributed by atoms with Gasteiger partial charge in [0, 0.05) is 55.2 Å². The summed E-state index contributed by atoms with van der Waals surface area (Å²) in [5.41, 5.74) is 2.88. The number of halogens is 5. The first-order valence-electron chi connectivity index (χ1n) is 12.1. The summed E-state index contributed by atoms with van der Waals surface area (Å²) in [6.07, 6.45) is 2.59. The number of urea groups is 1. The molecular formula is C26H24Cl2F3N5O4S. The van der Waals surface area contributed by atoms with Crippen LogP contribution in [0, 0.1) is 0 Å². The number of nitrogens with zero attached hydrogens (tertiary/aromatic N) is 3. The number of piperazine rings is 1. The lowest BCUT2D eigenvalue weighted by Crippen LogP contribution is -2.51. The summed E-state index contributed by atoms with van der Waals surface area (Å²) in [5, 5.41) is 11.2. The molecule has 1 fully saturated rings. The average molecular weight is 630 g/mol. The number of amides is 2. The van der Waals surface area contributed by atoms with Crippen molar-refractivity contribution in [2.45, 2.75) is 12.7 Å². The fourth-order valence-corrected chi connectivity index (χ4v) is 5.12. The van der Waals surface area contributed by atoms with Crippen LogP contribution in [-0.2, 0) is 11.3 Å². The van der Waals surface area contributed by atoms with E-state index in [0.717, 1.165) is 42.3 Å². The fourth-order valence-electron chi connectivity index (χ4n) is 3.96. The molecule has 2 amide bonds. The molecule has 0 unspecified atom stereocenters. The number of carbonyl (C=O) groups excluding carboxylic acids is 1. The Bertz CT molecular complexity index is 1360. The number of aliphatic carboxylic acids is 1. The van der Waals surface area contributed by atoms with Crippen molar-refractivity contribution in [3.05, 3.63) is 94.0 Å². The number of benzene rings is 2. The summed E-state index contributed by atoms with van der Waals surface area (Å²) >= 11 is 13.6. The van der Waals surface area contributed by atoms with Gasteiger partial charge in [-0.15, -0.1) is 0 Å². The smallest absolute Gasteiger partial charge is 0.475 e. The fraction of sp³-hybridized carbons (Fsp3) is 0.231. The minimum absolute atomic E-state index is 0.0745. The molecule has 218 valence electrons. The largest absolute Gasteiger partial charge is 0.490 e. The van der Waals surface area contributed by atoms with Gasteiger partial charge >= 0.3 is 18.2 Å². The van der Waals surface area contributed by atoms with Crippen LogP contribution in [0.4, 0.5) is 18.0 Å². The Kier molecular flexibility index (Phi) is 9.97. The number of hydrogen-bond acceptors (Lipinski definition) is 7. The van der Waals surface area contributed by atoms with E-state index in [9.17, 15) is 18.0 Å². The Morgan fingerprint density at radius 1 is 1.05 bits per heavy atom. The molecule has 3 heterocycles. The van der Waals surface area contributed by atoms with Crippen LogP contribution in [0.1, 0.15) is 5.56 Å². The van der Waals surface area contributed by atoms with Gasteiger partial charge in [0.1, 0.15) is 11.5 Å². The number of alkyl halides is 3. The molecule has 0 saturated carbocycles. The minimum atomic E-state index is -5.08. The standard InChI is InChI=1S/C24H23Cl2N5O2S.C2HF3O2/c25-18-12-19(26)14-21(13-18)33-20-4-1-3-17(11-20)16-29-7-9-30(10-8-29)24(32)28-22-5-2-6-31-23(22)15-27-34-31;3-2(4,5)1(6)7/h1-6,11-15,27H,7-10,16H2,(H,28,32);(H,6,7). The van der Waals surface area contributed by atoms with Crippen molar-refractivity contribution in [2.24, 2.45) is 0 Å². The number of nitrogens with one attached hydrogen (secondary N) is 2. The molecule has 2 aromatic rings. The number of rotatable bonds is 5. The molecule has 0 radical (unpaired) electrons. The van der Waals surface area contributed by atoms with Crippen molar-refractivity contribution in [1.29, 1.82) is 0 Å². The van der Waals surface area contributed by atoms with E-state index in [-0.39, 0.29) is 6.03 Å². The predicted molar refractivity (Wildman–Crippen MR) is 150 cm³/mol. The van der Waals surface area contributed by atoms with Crippen molar-refractivity contribution < 1.29 is 32.6 Å². The molecule has 15 heteroatoms. The van der Waals surface area contributed by atoms with E-state index < -0.39 is 12.1 Å². The topological polar surface area (TPSA) is 97.4 Å². The molecule has 0 aromatic heterocycles. The summed E-state index contributed by atoms with van der Waals surface area (Å²) < 4.78 is 42.8. The van der Waals surface area contributed by atoms with Crippen LogP contribution in [0.5, 0.6) is 11.5 Å². The first kappa shape index (κ1) is 30.4. The van der Waals surface area contributed by atoms with E-state index in [1.165, 1.54) is 12.1 Å². The maximum atomic E-state index is 12.8. The van der Waals surface area contributed by atoms with Gasteiger partial charge in [0.25, 0.3) is 0 Å². The first-order valence-corrected chi connectivity index (χ1v) is 13.6. The van der Waals surface area contributed by atoms with E-state index in [1.807, 2.05) is 52.0 Å². The minimum Gasteiger partial charge on any atom is -0.475 e. The molecular weight excluding hydrogens is 606 g/mol. The lowest BCUT2D eigenvalue weighted by Gasteiger charge is -2.35. The van der Waals surface area contributed by atoms with Crippen LogP contribution >= 0.6 is 35.3 Å². The molecule has 3 N–H and O–H groups in total. The van der Waals surface area contributed by atoms with Gasteiger partial charge in [-0.05, 0) is 48.0 Å². The Labute approximate surface area is 248 Å². The predicted octanol–water partition coefficient (Wildman–Crippen LogP) is 5.97. The van der Waals surface area contributed by atoms with Crippen LogP contribution in [0.2, 0.25) is 10.0 Å². The molecule has 41 heavy (non-hydrogen) atoms. The maximum absolute atomic E-state index is 12.8. The lowest BCUT2D eigenvalue weighted by molar-refractivity contribution is -0.192. The summed E-state index contributed by atoms with van der Waals surface area (Å²) in [5.74, 6) is -1.43. The number of allylic oxidation sites excluding steroid dienone is 2. The molecule has 0 atom stereocenters. The third kappa shape index (κ3) is 8.73. The number of fused-ring (bicyclic) bond motifs is 1. The zero-order valence-corrected chi connectivity index (χ0v) is 23.5. The van der Waals surface area contributed by atoms with Crippen molar-refractivity contribution in [3.63, 3.8) is 0 Å². The molecule has 3 aliphatic rings. The highest BCUT2D eigenvalue weighted by Crippen LogP contribution is 2.30. The van der Waals surface area contributed by atoms with Crippen LogP contribution in [0.25, 0.3) is 0 Å². The van der Waals surface area contributed by atoms with Crippen LogP contribution in [0.15, 0.2) is 78.4 Å². The van der Waals surface area contributed by atoms with Gasteiger partial charge in [0.05, 0.1) is 23.5 Å². The Balaban J connectivity index is 0.000000493. The molecule has 9 nitrogen and oxygen atoms in total. The molecule has 0 aliphatic carbocycles. The summed E-state index contributed by atoms with van der Waals surface area (Å²) in [7, 11) is 0. The van der Waals surface area contributed by atoms with Crippen LogP contribution in [0.3, 0.4) is 0 Å². The molecule has 3 aliphatic heterocycles. The Hall–Kier alpha value is -3.52. The molecule has 1 saturated heterocycles. The van der Waals surface area contributed by atoms with Gasteiger partial charge in [0.15, 0.2) is 0 Å². The highest BCUT2D eigenvalue weighted by molar-refractivity contribution is 7.95. The van der Waals surface area contributed by atoms with Crippen molar-refractivity contribution in [1.82, 2.24) is 24.1 Å². The van der Waals surface area contributed by atoms with E-state index in [1.54, 1.807) is 18.2 Å². The van der Waals surface area contributed by atoms with Crippen LogP contribution < -0.4 is 14.8 Å². The quantitative estimate of drug-likeness (QED) is 0.348. The second-order valence-corrected chi connectivity index (χ2v) is 10.5. The van der Waals surface area contributed by atoms with Gasteiger partial charge in [-0.25, -0.2) is 9.59 Å². The Morgan fingerprint density at radius 3 is 2.39 bits per heavy atom. The summed E-state index contributed by atoms with van der Waals surface area (Å²) in [6.45, 7) is 3.72. The van der Waals surface area contributed by atoms with Gasteiger partial charge in [-0.3, -0.25) is 9.21 Å². The SMILES string of the molecule is O=C(NC1=CC=CN2SNC=C12)N1CCN(Cc2cccc(Oc3cc(Cl)cc(Cl)c3)c2)CC1.O=C(O)C(F)(F)F. The van der Waals surface area contributed by atoms with E-state index >= 15 is 0 Å². The first-order chi connectivity index (χ1) is 19.5. The zero-order valence-electron chi connectivity index (χ0n) is 21.2. The summed E-state index contributed by atoms with van der Waals surface area (Å²) in [6, 6.07) is 13.0. The maximum Gasteiger partial charge on any atom is 0.490 e.